The predicted molar refractivity (Wildman–Crippen MR) is 89.5 cm³/mol. The molecule has 1 amide bonds. The van der Waals surface area contributed by atoms with Gasteiger partial charge in [0, 0.05) is 10.2 Å². The number of hydrogen-bond donors (Lipinski definition) is 2. The van der Waals surface area contributed by atoms with Gasteiger partial charge in [-0.2, -0.15) is 5.10 Å². The van der Waals surface area contributed by atoms with Crippen LogP contribution < -0.4 is 5.32 Å². The molecule has 2 N–H and O–H groups in total. The highest BCUT2D eigenvalue weighted by Crippen LogP contribution is 2.17. The average Bonchev–Trinajstić information content (AvgIpc) is 2.73. The summed E-state index contributed by atoms with van der Waals surface area (Å²) >= 11 is 3.43. The van der Waals surface area contributed by atoms with Crippen molar-refractivity contribution in [2.45, 2.75) is 33.4 Å². The molecule has 0 aliphatic rings. The molecule has 1 aromatic heterocycles. The molecule has 1 unspecified atom stereocenters. The lowest BCUT2D eigenvalue weighted by Crippen LogP contribution is -2.38. The Hall–Kier alpha value is -2.15. The van der Waals surface area contributed by atoms with Crippen LogP contribution in [0.1, 0.15) is 34.2 Å². The summed E-state index contributed by atoms with van der Waals surface area (Å²) < 4.78 is 2.72. The van der Waals surface area contributed by atoms with Crippen LogP contribution in [0.4, 0.5) is 0 Å². The molecule has 1 heterocycles. The van der Waals surface area contributed by atoms with Gasteiger partial charge in [-0.25, -0.2) is 0 Å². The van der Waals surface area contributed by atoms with E-state index in [-0.39, 0.29) is 0 Å². The predicted octanol–water partition coefficient (Wildman–Crippen LogP) is 2.51. The molecule has 0 radical (unpaired) electrons. The fraction of sp³-hybridized carbons (Fsp3) is 0.312. The first kappa shape index (κ1) is 17.2. The summed E-state index contributed by atoms with van der Waals surface area (Å²) in [7, 11) is 0. The second-order valence-corrected chi connectivity index (χ2v) is 6.28. The van der Waals surface area contributed by atoms with Crippen molar-refractivity contribution >= 4 is 27.8 Å². The maximum absolute atomic E-state index is 12.3. The summed E-state index contributed by atoms with van der Waals surface area (Å²) in [6, 6.07) is 6.90. The lowest BCUT2D eigenvalue weighted by atomic mass is 10.1. The third-order valence-electron chi connectivity index (χ3n) is 3.55. The van der Waals surface area contributed by atoms with Crippen LogP contribution in [0.5, 0.6) is 0 Å². The van der Waals surface area contributed by atoms with Crippen molar-refractivity contribution in [2.75, 3.05) is 0 Å². The molecule has 0 aliphatic carbocycles. The lowest BCUT2D eigenvalue weighted by Gasteiger charge is -2.10. The summed E-state index contributed by atoms with van der Waals surface area (Å²) in [5, 5.41) is 15.8. The Labute approximate surface area is 142 Å². The Morgan fingerprint density at radius 3 is 2.70 bits per heavy atom. The van der Waals surface area contributed by atoms with Crippen LogP contribution in [0.25, 0.3) is 0 Å². The second-order valence-electron chi connectivity index (χ2n) is 5.37. The Morgan fingerprint density at radius 1 is 1.39 bits per heavy atom. The van der Waals surface area contributed by atoms with E-state index in [4.69, 9.17) is 5.11 Å². The van der Waals surface area contributed by atoms with Crippen molar-refractivity contribution in [3.05, 3.63) is 51.3 Å². The normalized spacial score (nSPS) is 12.0. The number of aromatic nitrogens is 2. The van der Waals surface area contributed by atoms with Gasteiger partial charge in [0.1, 0.15) is 6.04 Å². The van der Waals surface area contributed by atoms with Gasteiger partial charge in [-0.05, 0) is 38.5 Å². The summed E-state index contributed by atoms with van der Waals surface area (Å²) in [6.07, 6.45) is 0. The first-order valence-electron chi connectivity index (χ1n) is 7.11. The van der Waals surface area contributed by atoms with E-state index in [2.05, 4.69) is 26.3 Å². The molecule has 0 bridgehead atoms. The summed E-state index contributed by atoms with van der Waals surface area (Å²) in [5.41, 5.74) is 2.76. The quantitative estimate of drug-likeness (QED) is 0.835. The van der Waals surface area contributed by atoms with Gasteiger partial charge in [-0.15, -0.1) is 0 Å². The highest BCUT2D eigenvalue weighted by molar-refractivity contribution is 9.10. The molecule has 0 aliphatic heterocycles. The van der Waals surface area contributed by atoms with Crippen LogP contribution in [-0.2, 0) is 11.3 Å². The van der Waals surface area contributed by atoms with E-state index >= 15 is 0 Å². The van der Waals surface area contributed by atoms with Crippen LogP contribution in [0.3, 0.4) is 0 Å². The molecule has 2 rings (SSSR count). The number of carboxylic acid groups (broad SMARTS) is 1. The molecule has 0 saturated heterocycles. The zero-order valence-corrected chi connectivity index (χ0v) is 14.7. The van der Waals surface area contributed by atoms with Gasteiger partial charge < -0.3 is 10.4 Å². The van der Waals surface area contributed by atoms with Gasteiger partial charge in [0.2, 0.25) is 0 Å². The number of carbonyl (C=O) groups excluding carboxylic acids is 1. The summed E-state index contributed by atoms with van der Waals surface area (Å²) in [6.45, 7) is 5.51. The monoisotopic (exact) mass is 379 g/mol. The molecule has 0 fully saturated rings. The number of aryl methyl sites for hydroxylation is 1. The minimum atomic E-state index is -1.07. The van der Waals surface area contributed by atoms with Crippen LogP contribution >= 0.6 is 15.9 Å². The van der Waals surface area contributed by atoms with Crippen LogP contribution in [0.15, 0.2) is 28.7 Å². The molecular weight excluding hydrogens is 362 g/mol. The average molecular weight is 380 g/mol. The van der Waals surface area contributed by atoms with Gasteiger partial charge in [0.25, 0.3) is 5.91 Å². The fourth-order valence-corrected chi connectivity index (χ4v) is 2.76. The molecule has 1 atom stereocenters. The number of amides is 1. The summed E-state index contributed by atoms with van der Waals surface area (Å²) in [5.74, 6) is -1.49. The number of hydrogen-bond acceptors (Lipinski definition) is 3. The minimum Gasteiger partial charge on any atom is -0.480 e. The van der Waals surface area contributed by atoms with E-state index in [0.29, 0.717) is 23.5 Å². The van der Waals surface area contributed by atoms with Crippen molar-refractivity contribution in [3.8, 4) is 0 Å². The number of rotatable bonds is 5. The van der Waals surface area contributed by atoms with Crippen LogP contribution in [-0.4, -0.2) is 32.8 Å². The maximum atomic E-state index is 12.3. The topological polar surface area (TPSA) is 84.2 Å². The third kappa shape index (κ3) is 3.98. The largest absolute Gasteiger partial charge is 0.480 e. The van der Waals surface area contributed by atoms with E-state index in [1.807, 2.05) is 24.3 Å². The van der Waals surface area contributed by atoms with E-state index in [1.54, 1.807) is 18.5 Å². The van der Waals surface area contributed by atoms with Crippen molar-refractivity contribution in [2.24, 2.45) is 0 Å². The molecule has 1 aromatic carbocycles. The summed E-state index contributed by atoms with van der Waals surface area (Å²) in [4.78, 5) is 23.2. The molecule has 0 spiro atoms. The Morgan fingerprint density at radius 2 is 2.09 bits per heavy atom. The molecule has 23 heavy (non-hydrogen) atoms. The second kappa shape index (κ2) is 6.95. The molecule has 122 valence electrons. The highest BCUT2D eigenvalue weighted by atomic mass is 79.9. The zero-order valence-electron chi connectivity index (χ0n) is 13.1. The number of carboxylic acids is 1. The van der Waals surface area contributed by atoms with Crippen molar-refractivity contribution in [1.82, 2.24) is 15.1 Å². The molecular formula is C16H18BrN3O3. The standard InChI is InChI=1S/C16H18BrN3O3/c1-9-14(15(21)18-10(2)16(22)23)11(3)20(19-9)8-12-5-4-6-13(17)7-12/h4-7,10H,8H2,1-3H3,(H,18,21)(H,22,23). The first-order valence-corrected chi connectivity index (χ1v) is 7.91. The fourth-order valence-electron chi connectivity index (χ4n) is 2.32. The molecule has 6 nitrogen and oxygen atoms in total. The molecule has 0 saturated carbocycles. The van der Waals surface area contributed by atoms with Gasteiger partial charge >= 0.3 is 5.97 Å². The number of nitrogens with zero attached hydrogens (tertiary/aromatic N) is 2. The van der Waals surface area contributed by atoms with Crippen LogP contribution in [0, 0.1) is 13.8 Å². The number of nitrogens with one attached hydrogen (secondary N) is 1. The van der Waals surface area contributed by atoms with Crippen molar-refractivity contribution in [3.63, 3.8) is 0 Å². The van der Waals surface area contributed by atoms with Crippen molar-refractivity contribution in [1.29, 1.82) is 0 Å². The van der Waals surface area contributed by atoms with E-state index < -0.39 is 17.9 Å². The maximum Gasteiger partial charge on any atom is 0.325 e. The smallest absolute Gasteiger partial charge is 0.325 e. The lowest BCUT2D eigenvalue weighted by molar-refractivity contribution is -0.138. The van der Waals surface area contributed by atoms with Gasteiger partial charge in [0.15, 0.2) is 0 Å². The van der Waals surface area contributed by atoms with E-state index in [1.165, 1.54) is 6.92 Å². The number of benzene rings is 1. The number of carbonyl (C=O) groups is 2. The Balaban J connectivity index is 2.25. The highest BCUT2D eigenvalue weighted by Gasteiger charge is 2.22. The van der Waals surface area contributed by atoms with Gasteiger partial charge in [-0.1, -0.05) is 28.1 Å². The molecule has 7 heteroatoms. The molecule has 2 aromatic rings. The number of halogens is 1. The van der Waals surface area contributed by atoms with E-state index in [0.717, 1.165) is 10.0 Å². The minimum absolute atomic E-state index is 0.421. The van der Waals surface area contributed by atoms with E-state index in [9.17, 15) is 9.59 Å². The Bertz CT molecular complexity index is 755. The van der Waals surface area contributed by atoms with Gasteiger partial charge in [0.05, 0.1) is 17.8 Å². The van der Waals surface area contributed by atoms with Crippen LogP contribution in [0.2, 0.25) is 0 Å². The Kier molecular flexibility index (Phi) is 5.20. The first-order chi connectivity index (χ1) is 10.8. The SMILES string of the molecule is Cc1nn(Cc2cccc(Br)c2)c(C)c1C(=O)NC(C)C(=O)O. The zero-order chi connectivity index (χ0) is 17.1. The van der Waals surface area contributed by atoms with Gasteiger partial charge in [-0.3, -0.25) is 14.3 Å². The third-order valence-corrected chi connectivity index (χ3v) is 4.04. The number of aliphatic carboxylic acids is 1. The van der Waals surface area contributed by atoms with Crippen molar-refractivity contribution < 1.29 is 14.7 Å².